The molecule has 2 aromatic carbocycles. The number of hydrogen-bond donors (Lipinski definition) is 1. The summed E-state index contributed by atoms with van der Waals surface area (Å²) in [6.45, 7) is -0.0704. The molecule has 2 heterocycles. The predicted octanol–water partition coefficient (Wildman–Crippen LogP) is 3.40. The first-order valence-corrected chi connectivity index (χ1v) is 10.7. The van der Waals surface area contributed by atoms with Crippen molar-refractivity contribution in [1.29, 1.82) is 0 Å². The Morgan fingerprint density at radius 1 is 1.07 bits per heavy atom. The highest BCUT2D eigenvalue weighted by Gasteiger charge is 2.20. The maximum absolute atomic E-state index is 13.9. The number of nitrogens with one attached hydrogen (secondary N) is 1. The van der Waals surface area contributed by atoms with Crippen molar-refractivity contribution < 1.29 is 21.6 Å². The molecule has 0 bridgehead atoms. The molecule has 0 aliphatic heterocycles. The van der Waals surface area contributed by atoms with Crippen LogP contribution in [0, 0.1) is 17.5 Å². The van der Waals surface area contributed by atoms with Crippen LogP contribution in [0.1, 0.15) is 5.69 Å². The van der Waals surface area contributed by atoms with Gasteiger partial charge in [0.05, 0.1) is 11.3 Å². The summed E-state index contributed by atoms with van der Waals surface area (Å²) in [5, 5.41) is 6.04. The van der Waals surface area contributed by atoms with Crippen molar-refractivity contribution in [2.24, 2.45) is 0 Å². The van der Waals surface area contributed by atoms with E-state index in [0.29, 0.717) is 16.7 Å². The number of benzene rings is 2. The van der Waals surface area contributed by atoms with Gasteiger partial charge in [0.25, 0.3) is 0 Å². The number of aromatic nitrogens is 3. The van der Waals surface area contributed by atoms with Crippen LogP contribution in [0.3, 0.4) is 0 Å². The molecule has 4 rings (SSSR count). The van der Waals surface area contributed by atoms with E-state index in [1.807, 2.05) is 0 Å². The first kappa shape index (κ1) is 19.6. The number of hydrogen-bond acceptors (Lipinski definition) is 5. The fraction of sp³-hybridized carbons (Fsp3) is 0.111. The third-order valence-corrected chi connectivity index (χ3v) is 6.46. The fourth-order valence-corrected chi connectivity index (χ4v) is 4.70. The lowest BCUT2D eigenvalue weighted by atomic mass is 10.2. The molecule has 0 saturated carbocycles. The molecule has 6 nitrogen and oxygen atoms in total. The summed E-state index contributed by atoms with van der Waals surface area (Å²) in [6.07, 6.45) is 0.218. The molecule has 11 heteroatoms. The zero-order chi connectivity index (χ0) is 20.6. The average Bonchev–Trinajstić information content (AvgIpc) is 3.25. The maximum atomic E-state index is 13.9. The molecule has 0 unspecified atom stereocenters. The third-order valence-electron chi connectivity index (χ3n) is 4.12. The smallest absolute Gasteiger partial charge is 0.211 e. The van der Waals surface area contributed by atoms with Gasteiger partial charge in [0.15, 0.2) is 5.82 Å². The standard InChI is InChI=1S/C18H13F3N4O2S2/c19-11-5-6-15(21)16(9-11)29(26,27)22-8-7-12-10-28-18-23-17(24-25(12)18)13-3-1-2-4-14(13)20/h1-6,9-10,22H,7-8H2. The lowest BCUT2D eigenvalue weighted by molar-refractivity contribution is 0.545. The van der Waals surface area contributed by atoms with Gasteiger partial charge in [-0.1, -0.05) is 12.1 Å². The number of fused-ring (bicyclic) bond motifs is 1. The molecule has 2 aromatic heterocycles. The summed E-state index contributed by atoms with van der Waals surface area (Å²) < 4.78 is 69.2. The van der Waals surface area contributed by atoms with Crippen LogP contribution >= 0.6 is 11.3 Å². The Labute approximate surface area is 167 Å². The van der Waals surface area contributed by atoms with Crippen LogP contribution in [0.5, 0.6) is 0 Å². The van der Waals surface area contributed by atoms with E-state index in [4.69, 9.17) is 0 Å². The number of rotatable bonds is 6. The van der Waals surface area contributed by atoms with Crippen LogP contribution in [-0.2, 0) is 16.4 Å². The van der Waals surface area contributed by atoms with Crippen molar-refractivity contribution in [3.8, 4) is 11.4 Å². The second kappa shape index (κ2) is 7.58. The van der Waals surface area contributed by atoms with Crippen molar-refractivity contribution in [3.05, 3.63) is 71.0 Å². The SMILES string of the molecule is O=S(=O)(NCCc1csc2nc(-c3ccccc3F)nn12)c1cc(F)ccc1F. The monoisotopic (exact) mass is 438 g/mol. The number of halogens is 3. The molecular weight excluding hydrogens is 425 g/mol. The molecule has 0 amide bonds. The molecule has 0 saturated heterocycles. The van der Waals surface area contributed by atoms with E-state index in [0.717, 1.165) is 12.1 Å². The highest BCUT2D eigenvalue weighted by Crippen LogP contribution is 2.23. The minimum Gasteiger partial charge on any atom is -0.211 e. The maximum Gasteiger partial charge on any atom is 0.243 e. The van der Waals surface area contributed by atoms with Gasteiger partial charge in [0.1, 0.15) is 22.3 Å². The Bertz CT molecular complexity index is 1300. The fourth-order valence-electron chi connectivity index (χ4n) is 2.73. The summed E-state index contributed by atoms with van der Waals surface area (Å²) >= 11 is 1.27. The lowest BCUT2D eigenvalue weighted by Gasteiger charge is -2.07. The van der Waals surface area contributed by atoms with Crippen molar-refractivity contribution in [2.45, 2.75) is 11.3 Å². The second-order valence-electron chi connectivity index (χ2n) is 6.06. The van der Waals surface area contributed by atoms with E-state index in [9.17, 15) is 21.6 Å². The number of thiazole rings is 1. The highest BCUT2D eigenvalue weighted by atomic mass is 32.2. The van der Waals surface area contributed by atoms with Gasteiger partial charge in [-0.3, -0.25) is 0 Å². The third kappa shape index (κ3) is 3.88. The minimum atomic E-state index is -4.22. The van der Waals surface area contributed by atoms with Crippen LogP contribution in [0.15, 0.2) is 52.7 Å². The van der Waals surface area contributed by atoms with Crippen molar-refractivity contribution in [2.75, 3.05) is 6.54 Å². The largest absolute Gasteiger partial charge is 0.243 e. The number of sulfonamides is 1. The van der Waals surface area contributed by atoms with E-state index in [2.05, 4.69) is 14.8 Å². The summed E-state index contributed by atoms with van der Waals surface area (Å²) in [4.78, 5) is 4.06. The van der Waals surface area contributed by atoms with E-state index in [-0.39, 0.29) is 24.4 Å². The summed E-state index contributed by atoms with van der Waals surface area (Å²) in [5.74, 6) is -2.12. The van der Waals surface area contributed by atoms with Crippen LogP contribution < -0.4 is 4.72 Å². The number of nitrogens with zero attached hydrogens (tertiary/aromatic N) is 3. The molecule has 150 valence electrons. The molecule has 29 heavy (non-hydrogen) atoms. The van der Waals surface area contributed by atoms with Gasteiger partial charge in [-0.25, -0.2) is 30.8 Å². The Morgan fingerprint density at radius 3 is 2.66 bits per heavy atom. The van der Waals surface area contributed by atoms with Gasteiger partial charge in [0.2, 0.25) is 15.0 Å². The van der Waals surface area contributed by atoms with E-state index >= 15 is 0 Å². The summed E-state index contributed by atoms with van der Waals surface area (Å²) in [6, 6.07) is 8.34. The van der Waals surface area contributed by atoms with Crippen LogP contribution in [0.25, 0.3) is 16.3 Å². The second-order valence-corrected chi connectivity index (χ2v) is 8.63. The molecule has 1 N–H and O–H groups in total. The molecule has 0 aliphatic carbocycles. The normalized spacial score (nSPS) is 12.0. The zero-order valence-electron chi connectivity index (χ0n) is 14.6. The average molecular weight is 438 g/mol. The molecule has 0 atom stereocenters. The first-order chi connectivity index (χ1) is 13.8. The Kier molecular flexibility index (Phi) is 5.11. The molecule has 0 radical (unpaired) electrons. The molecular formula is C18H13F3N4O2S2. The lowest BCUT2D eigenvalue weighted by Crippen LogP contribution is -2.27. The topological polar surface area (TPSA) is 76.4 Å². The molecule has 4 aromatic rings. The van der Waals surface area contributed by atoms with Crippen molar-refractivity contribution >= 4 is 26.3 Å². The van der Waals surface area contributed by atoms with Gasteiger partial charge in [-0.05, 0) is 30.3 Å². The van der Waals surface area contributed by atoms with Crippen LogP contribution in [0.4, 0.5) is 13.2 Å². The van der Waals surface area contributed by atoms with Gasteiger partial charge < -0.3 is 0 Å². The Balaban J connectivity index is 1.52. The van der Waals surface area contributed by atoms with E-state index in [1.54, 1.807) is 23.6 Å². The van der Waals surface area contributed by atoms with Gasteiger partial charge in [-0.15, -0.1) is 16.4 Å². The van der Waals surface area contributed by atoms with E-state index < -0.39 is 32.4 Å². The van der Waals surface area contributed by atoms with E-state index in [1.165, 1.54) is 21.9 Å². The predicted molar refractivity (Wildman–Crippen MR) is 102 cm³/mol. The molecule has 0 aliphatic rings. The van der Waals surface area contributed by atoms with Gasteiger partial charge in [-0.2, -0.15) is 4.98 Å². The molecule has 0 spiro atoms. The minimum absolute atomic E-state index is 0.0704. The summed E-state index contributed by atoms with van der Waals surface area (Å²) in [7, 11) is -4.22. The quantitative estimate of drug-likeness (QED) is 0.501. The van der Waals surface area contributed by atoms with Gasteiger partial charge >= 0.3 is 0 Å². The first-order valence-electron chi connectivity index (χ1n) is 8.38. The van der Waals surface area contributed by atoms with Gasteiger partial charge in [0, 0.05) is 18.3 Å². The molecule has 0 fully saturated rings. The van der Waals surface area contributed by atoms with Crippen LogP contribution in [-0.4, -0.2) is 29.6 Å². The zero-order valence-corrected chi connectivity index (χ0v) is 16.3. The van der Waals surface area contributed by atoms with Crippen molar-refractivity contribution in [3.63, 3.8) is 0 Å². The Morgan fingerprint density at radius 2 is 1.86 bits per heavy atom. The van der Waals surface area contributed by atoms with Crippen molar-refractivity contribution in [1.82, 2.24) is 19.3 Å². The highest BCUT2D eigenvalue weighted by molar-refractivity contribution is 7.89. The summed E-state index contributed by atoms with van der Waals surface area (Å²) in [5.41, 5.74) is 0.902. The Hall–Kier alpha value is -2.76. The van der Waals surface area contributed by atoms with Crippen LogP contribution in [0.2, 0.25) is 0 Å².